The highest BCUT2D eigenvalue weighted by Gasteiger charge is 2.24. The maximum absolute atomic E-state index is 5.53. The molecule has 1 atom stereocenters. The van der Waals surface area contributed by atoms with Crippen LogP contribution in [0.25, 0.3) is 0 Å². The van der Waals surface area contributed by atoms with Gasteiger partial charge in [0.05, 0.1) is 21.3 Å². The van der Waals surface area contributed by atoms with Crippen molar-refractivity contribution in [2.24, 2.45) is 0 Å². The van der Waals surface area contributed by atoms with Crippen LogP contribution in [-0.2, 0) is 0 Å². The molecule has 0 aromatic heterocycles. The van der Waals surface area contributed by atoms with Crippen LogP contribution in [0.2, 0.25) is 0 Å². The molecule has 0 radical (unpaired) electrons. The first-order valence-electron chi connectivity index (χ1n) is 8.49. The summed E-state index contributed by atoms with van der Waals surface area (Å²) in [7, 11) is 4.99. The van der Waals surface area contributed by atoms with Gasteiger partial charge in [0.2, 0.25) is 5.75 Å². The first-order chi connectivity index (χ1) is 11.2. The van der Waals surface area contributed by atoms with Gasteiger partial charge in [-0.15, -0.1) is 0 Å². The van der Waals surface area contributed by atoms with Gasteiger partial charge in [0.25, 0.3) is 0 Å². The maximum Gasteiger partial charge on any atom is 0.203 e. The van der Waals surface area contributed by atoms with Crippen molar-refractivity contribution in [3.05, 3.63) is 17.7 Å². The molecular formula is C18H30N2O3. The van der Waals surface area contributed by atoms with Crippen molar-refractivity contribution in [1.82, 2.24) is 10.2 Å². The fraction of sp³-hybridized carbons (Fsp3) is 0.667. The zero-order chi connectivity index (χ0) is 16.7. The number of rotatable bonds is 8. The Bertz CT molecular complexity index is 462. The van der Waals surface area contributed by atoms with Crippen molar-refractivity contribution < 1.29 is 14.2 Å². The summed E-state index contributed by atoms with van der Waals surface area (Å²) in [6.07, 6.45) is 3.56. The molecule has 2 rings (SSSR count). The highest BCUT2D eigenvalue weighted by atomic mass is 16.5. The minimum atomic E-state index is 0.394. The highest BCUT2D eigenvalue weighted by Crippen LogP contribution is 2.41. The molecule has 1 aliphatic rings. The lowest BCUT2D eigenvalue weighted by atomic mass is 9.97. The van der Waals surface area contributed by atoms with Crippen molar-refractivity contribution in [1.29, 1.82) is 0 Å². The van der Waals surface area contributed by atoms with Gasteiger partial charge >= 0.3 is 0 Å². The molecule has 0 saturated carbocycles. The van der Waals surface area contributed by atoms with Gasteiger partial charge in [0.15, 0.2) is 11.5 Å². The second-order valence-electron chi connectivity index (χ2n) is 5.90. The number of hydrogen-bond donors (Lipinski definition) is 1. The van der Waals surface area contributed by atoms with Gasteiger partial charge in [0.1, 0.15) is 0 Å². The summed E-state index contributed by atoms with van der Waals surface area (Å²) in [5.74, 6) is 2.13. The Labute approximate surface area is 139 Å². The lowest BCUT2D eigenvalue weighted by Crippen LogP contribution is -2.45. The van der Waals surface area contributed by atoms with Crippen molar-refractivity contribution in [3.8, 4) is 17.2 Å². The fourth-order valence-electron chi connectivity index (χ4n) is 3.25. The van der Waals surface area contributed by atoms with Crippen molar-refractivity contribution >= 4 is 0 Å². The molecule has 1 N–H and O–H groups in total. The van der Waals surface area contributed by atoms with Crippen LogP contribution in [0.15, 0.2) is 12.1 Å². The molecule has 1 aromatic carbocycles. The molecule has 5 nitrogen and oxygen atoms in total. The zero-order valence-electron chi connectivity index (χ0n) is 14.9. The number of ether oxygens (including phenoxy) is 3. The molecule has 1 heterocycles. The number of unbranched alkanes of at least 4 members (excludes halogenated alkanes) is 1. The lowest BCUT2D eigenvalue weighted by molar-refractivity contribution is 0.162. The number of hydrogen-bond acceptors (Lipinski definition) is 5. The number of piperazine rings is 1. The Kier molecular flexibility index (Phi) is 6.99. The molecule has 130 valence electrons. The van der Waals surface area contributed by atoms with Crippen molar-refractivity contribution in [2.75, 3.05) is 47.5 Å². The van der Waals surface area contributed by atoms with E-state index >= 15 is 0 Å². The van der Waals surface area contributed by atoms with Gasteiger partial charge in [-0.2, -0.15) is 0 Å². The normalized spacial score (nSPS) is 16.9. The third kappa shape index (κ3) is 4.30. The number of nitrogens with one attached hydrogen (secondary N) is 1. The van der Waals surface area contributed by atoms with Crippen LogP contribution in [0.5, 0.6) is 17.2 Å². The van der Waals surface area contributed by atoms with E-state index in [0.29, 0.717) is 11.8 Å². The number of methoxy groups -OCH3 is 3. The third-order valence-electron chi connectivity index (χ3n) is 4.50. The Morgan fingerprint density at radius 2 is 1.65 bits per heavy atom. The number of benzene rings is 1. The van der Waals surface area contributed by atoms with Crippen LogP contribution in [0.1, 0.15) is 37.8 Å². The summed E-state index contributed by atoms with van der Waals surface area (Å²) in [6.45, 7) is 6.49. The van der Waals surface area contributed by atoms with Crippen LogP contribution in [0.4, 0.5) is 0 Å². The van der Waals surface area contributed by atoms with Gasteiger partial charge in [-0.25, -0.2) is 0 Å². The van der Waals surface area contributed by atoms with E-state index in [4.69, 9.17) is 14.2 Å². The van der Waals surface area contributed by atoms with Crippen LogP contribution < -0.4 is 19.5 Å². The Hall–Kier alpha value is -1.46. The smallest absolute Gasteiger partial charge is 0.203 e. The molecule has 0 bridgehead atoms. The highest BCUT2D eigenvalue weighted by molar-refractivity contribution is 5.54. The van der Waals surface area contributed by atoms with Gasteiger partial charge in [-0.1, -0.05) is 19.8 Å². The molecule has 0 spiro atoms. The van der Waals surface area contributed by atoms with Crippen molar-refractivity contribution in [2.45, 2.75) is 32.2 Å². The topological polar surface area (TPSA) is 43.0 Å². The molecule has 1 aliphatic heterocycles. The minimum Gasteiger partial charge on any atom is -0.493 e. The predicted molar refractivity (Wildman–Crippen MR) is 92.8 cm³/mol. The van der Waals surface area contributed by atoms with E-state index in [1.807, 2.05) is 0 Å². The van der Waals surface area contributed by atoms with E-state index in [1.54, 1.807) is 21.3 Å². The van der Waals surface area contributed by atoms with Crippen LogP contribution in [0, 0.1) is 0 Å². The molecule has 1 aromatic rings. The average molecular weight is 322 g/mol. The number of nitrogens with zero attached hydrogens (tertiary/aromatic N) is 1. The Morgan fingerprint density at radius 3 is 2.13 bits per heavy atom. The predicted octanol–water partition coefficient (Wildman–Crippen LogP) is 2.85. The first-order valence-corrected chi connectivity index (χ1v) is 8.49. The molecule has 1 unspecified atom stereocenters. The monoisotopic (exact) mass is 322 g/mol. The fourth-order valence-corrected chi connectivity index (χ4v) is 3.25. The molecule has 1 fully saturated rings. The summed E-state index contributed by atoms with van der Waals surface area (Å²) in [6, 6.07) is 4.60. The van der Waals surface area contributed by atoms with Crippen LogP contribution >= 0.6 is 0 Å². The molecule has 5 heteroatoms. The van der Waals surface area contributed by atoms with E-state index in [0.717, 1.165) is 44.1 Å². The lowest BCUT2D eigenvalue weighted by Gasteiger charge is -2.35. The Balaban J connectivity index is 2.36. The van der Waals surface area contributed by atoms with E-state index in [1.165, 1.54) is 18.4 Å². The summed E-state index contributed by atoms with van der Waals surface area (Å²) >= 11 is 0. The summed E-state index contributed by atoms with van der Waals surface area (Å²) in [4.78, 5) is 2.56. The minimum absolute atomic E-state index is 0.394. The van der Waals surface area contributed by atoms with E-state index in [-0.39, 0.29) is 0 Å². The summed E-state index contributed by atoms with van der Waals surface area (Å²) < 4.78 is 16.5. The standard InChI is InChI=1S/C18H30N2O3/c1-5-6-7-15(20-10-8-19-9-11-20)14-12-16(21-2)18(23-4)17(13-14)22-3/h12-13,15,19H,5-11H2,1-4H3. The van der Waals surface area contributed by atoms with Crippen molar-refractivity contribution in [3.63, 3.8) is 0 Å². The molecular weight excluding hydrogens is 292 g/mol. The van der Waals surface area contributed by atoms with Gasteiger partial charge < -0.3 is 19.5 Å². The largest absolute Gasteiger partial charge is 0.493 e. The van der Waals surface area contributed by atoms with Gasteiger partial charge in [0, 0.05) is 32.2 Å². The first kappa shape index (κ1) is 17.9. The van der Waals surface area contributed by atoms with Crippen LogP contribution in [0.3, 0.4) is 0 Å². The van der Waals surface area contributed by atoms with Crippen LogP contribution in [-0.4, -0.2) is 52.4 Å². The summed E-state index contributed by atoms with van der Waals surface area (Å²) in [5.41, 5.74) is 1.25. The molecule has 0 amide bonds. The van der Waals surface area contributed by atoms with Gasteiger partial charge in [-0.05, 0) is 24.1 Å². The van der Waals surface area contributed by atoms with E-state index in [2.05, 4.69) is 29.3 Å². The molecule has 0 aliphatic carbocycles. The second-order valence-corrected chi connectivity index (χ2v) is 5.90. The SMILES string of the molecule is CCCCC(c1cc(OC)c(OC)c(OC)c1)N1CCNCC1. The Morgan fingerprint density at radius 1 is 1.04 bits per heavy atom. The third-order valence-corrected chi connectivity index (χ3v) is 4.50. The average Bonchev–Trinajstić information content (AvgIpc) is 2.61. The van der Waals surface area contributed by atoms with E-state index in [9.17, 15) is 0 Å². The summed E-state index contributed by atoms with van der Waals surface area (Å²) in [5, 5.41) is 3.43. The molecule has 23 heavy (non-hydrogen) atoms. The van der Waals surface area contributed by atoms with Gasteiger partial charge in [-0.3, -0.25) is 4.90 Å². The second kappa shape index (κ2) is 8.99. The van der Waals surface area contributed by atoms with E-state index < -0.39 is 0 Å². The quantitative estimate of drug-likeness (QED) is 0.797. The molecule has 1 saturated heterocycles. The zero-order valence-corrected chi connectivity index (χ0v) is 14.9. The maximum atomic E-state index is 5.53.